The van der Waals surface area contributed by atoms with Crippen molar-refractivity contribution in [1.82, 2.24) is 0 Å². The number of ether oxygens (including phenoxy) is 2. The summed E-state index contributed by atoms with van der Waals surface area (Å²) in [7, 11) is 0. The van der Waals surface area contributed by atoms with Crippen LogP contribution in [0.25, 0.3) is 0 Å². The first kappa shape index (κ1) is 15.1. The van der Waals surface area contributed by atoms with E-state index in [-0.39, 0.29) is 5.92 Å². The van der Waals surface area contributed by atoms with E-state index in [1.165, 1.54) is 0 Å². The van der Waals surface area contributed by atoms with Crippen molar-refractivity contribution in [2.45, 2.75) is 32.3 Å². The Balaban J connectivity index is 2.67. The van der Waals surface area contributed by atoms with Gasteiger partial charge < -0.3 is 19.7 Å². The van der Waals surface area contributed by atoms with Gasteiger partial charge in [-0.05, 0) is 12.0 Å². The van der Waals surface area contributed by atoms with Crippen LogP contribution in [0.3, 0.4) is 0 Å². The number of fused-ring (bicyclic) bond motifs is 1. The molecular weight excluding hydrogens is 328 g/mol. The van der Waals surface area contributed by atoms with Gasteiger partial charge in [0.05, 0.1) is 13.2 Å². The number of aliphatic carboxylic acids is 1. The van der Waals surface area contributed by atoms with Crippen molar-refractivity contribution in [3.05, 3.63) is 21.7 Å². The number of aliphatic hydroxyl groups is 1. The summed E-state index contributed by atoms with van der Waals surface area (Å²) in [6.07, 6.45) is -0.834. The molecule has 0 bridgehead atoms. The molecular formula is C14H17BrO5. The van der Waals surface area contributed by atoms with Gasteiger partial charge >= 0.3 is 5.97 Å². The normalized spacial score (nSPS) is 15.8. The summed E-state index contributed by atoms with van der Waals surface area (Å²) in [5.41, 5.74) is 1.00. The van der Waals surface area contributed by atoms with E-state index in [4.69, 9.17) is 14.6 Å². The molecule has 1 aliphatic heterocycles. The Morgan fingerprint density at radius 1 is 1.30 bits per heavy atom. The van der Waals surface area contributed by atoms with E-state index in [0.717, 1.165) is 6.42 Å². The molecule has 0 saturated heterocycles. The minimum absolute atomic E-state index is 0.00745. The average molecular weight is 345 g/mol. The lowest BCUT2D eigenvalue weighted by molar-refractivity contribution is -0.147. The predicted octanol–water partition coefficient (Wildman–Crippen LogP) is 2.85. The predicted molar refractivity (Wildman–Crippen MR) is 76.4 cm³/mol. The molecule has 0 spiro atoms. The van der Waals surface area contributed by atoms with Crippen LogP contribution in [0.1, 0.15) is 43.4 Å². The highest BCUT2D eigenvalue weighted by atomic mass is 79.9. The Kier molecular flexibility index (Phi) is 4.55. The second-order valence-electron chi connectivity index (χ2n) is 4.96. The molecule has 1 aromatic carbocycles. The van der Waals surface area contributed by atoms with Crippen LogP contribution in [0, 0.1) is 0 Å². The zero-order chi connectivity index (χ0) is 14.9. The highest BCUT2D eigenvalue weighted by Crippen LogP contribution is 2.45. The molecule has 0 radical (unpaired) electrons. The minimum atomic E-state index is -1.60. The van der Waals surface area contributed by atoms with Crippen LogP contribution in [0.4, 0.5) is 0 Å². The topological polar surface area (TPSA) is 76.0 Å². The van der Waals surface area contributed by atoms with Crippen molar-refractivity contribution >= 4 is 21.9 Å². The van der Waals surface area contributed by atoms with E-state index in [1.807, 2.05) is 13.8 Å². The molecule has 1 aromatic rings. The maximum absolute atomic E-state index is 11.1. The summed E-state index contributed by atoms with van der Waals surface area (Å²) in [5.74, 6) is -0.176. The number of aliphatic hydroxyl groups excluding tert-OH is 1. The lowest BCUT2D eigenvalue weighted by atomic mass is 9.92. The first-order valence-corrected chi connectivity index (χ1v) is 7.25. The maximum atomic E-state index is 11.1. The standard InChI is InChI=1S/C14H17BrO5/c1-7(2)10-11(12(16)14(17)18)8(15)6-9-13(10)20-5-3-4-19-9/h6-7,12,16H,3-5H2,1-2H3,(H,17,18). The lowest BCUT2D eigenvalue weighted by Crippen LogP contribution is -2.15. The molecule has 20 heavy (non-hydrogen) atoms. The number of carbonyl (C=O) groups is 1. The molecule has 0 aliphatic carbocycles. The Hall–Kier alpha value is -1.27. The van der Waals surface area contributed by atoms with Crippen LogP contribution >= 0.6 is 15.9 Å². The first-order chi connectivity index (χ1) is 9.43. The third-order valence-corrected chi connectivity index (χ3v) is 3.81. The maximum Gasteiger partial charge on any atom is 0.337 e. The van der Waals surface area contributed by atoms with E-state index in [2.05, 4.69) is 15.9 Å². The molecule has 110 valence electrons. The smallest absolute Gasteiger partial charge is 0.337 e. The molecule has 5 nitrogen and oxygen atoms in total. The van der Waals surface area contributed by atoms with Crippen molar-refractivity contribution in [3.8, 4) is 11.5 Å². The fourth-order valence-corrected chi connectivity index (χ4v) is 2.93. The number of halogens is 1. The molecule has 0 amide bonds. The molecule has 1 unspecified atom stereocenters. The average Bonchev–Trinajstić information content (AvgIpc) is 2.60. The monoisotopic (exact) mass is 344 g/mol. The molecule has 2 N–H and O–H groups in total. The summed E-state index contributed by atoms with van der Waals surface area (Å²) >= 11 is 3.33. The molecule has 1 aliphatic rings. The van der Waals surface area contributed by atoms with Crippen molar-refractivity contribution in [2.24, 2.45) is 0 Å². The molecule has 0 aromatic heterocycles. The van der Waals surface area contributed by atoms with Crippen LogP contribution in [0.5, 0.6) is 11.5 Å². The van der Waals surface area contributed by atoms with Gasteiger partial charge in [0.25, 0.3) is 0 Å². The second kappa shape index (κ2) is 6.01. The van der Waals surface area contributed by atoms with Crippen LogP contribution in [0.15, 0.2) is 10.5 Å². The molecule has 2 rings (SSSR count). The van der Waals surface area contributed by atoms with Gasteiger partial charge in [-0.25, -0.2) is 4.79 Å². The summed E-state index contributed by atoms with van der Waals surface area (Å²) in [6.45, 7) is 4.91. The van der Waals surface area contributed by atoms with Gasteiger partial charge in [-0.1, -0.05) is 29.8 Å². The van der Waals surface area contributed by atoms with Crippen LogP contribution < -0.4 is 9.47 Å². The number of benzene rings is 1. The zero-order valence-electron chi connectivity index (χ0n) is 11.4. The van der Waals surface area contributed by atoms with E-state index in [0.29, 0.717) is 40.3 Å². The minimum Gasteiger partial charge on any atom is -0.490 e. The Labute approximate surface area is 125 Å². The van der Waals surface area contributed by atoms with Gasteiger partial charge in [0.15, 0.2) is 17.6 Å². The second-order valence-corrected chi connectivity index (χ2v) is 5.81. The Morgan fingerprint density at radius 2 is 1.95 bits per heavy atom. The Morgan fingerprint density at radius 3 is 2.55 bits per heavy atom. The zero-order valence-corrected chi connectivity index (χ0v) is 12.9. The highest BCUT2D eigenvalue weighted by Gasteiger charge is 2.29. The van der Waals surface area contributed by atoms with Crippen LogP contribution in [-0.4, -0.2) is 29.4 Å². The van der Waals surface area contributed by atoms with Crippen molar-refractivity contribution in [2.75, 3.05) is 13.2 Å². The number of hydrogen-bond acceptors (Lipinski definition) is 4. The quantitative estimate of drug-likeness (QED) is 0.881. The van der Waals surface area contributed by atoms with E-state index in [1.54, 1.807) is 6.07 Å². The fraction of sp³-hybridized carbons (Fsp3) is 0.500. The van der Waals surface area contributed by atoms with Gasteiger partial charge in [-0.2, -0.15) is 0 Å². The van der Waals surface area contributed by atoms with Crippen molar-refractivity contribution in [3.63, 3.8) is 0 Å². The lowest BCUT2D eigenvalue weighted by Gasteiger charge is -2.22. The van der Waals surface area contributed by atoms with E-state index in [9.17, 15) is 9.90 Å². The van der Waals surface area contributed by atoms with Crippen molar-refractivity contribution < 1.29 is 24.5 Å². The first-order valence-electron chi connectivity index (χ1n) is 6.46. The summed E-state index contributed by atoms with van der Waals surface area (Å²) in [6, 6.07) is 1.66. The molecule has 0 fully saturated rings. The fourth-order valence-electron chi connectivity index (χ4n) is 2.29. The summed E-state index contributed by atoms with van der Waals surface area (Å²) < 4.78 is 11.9. The van der Waals surface area contributed by atoms with Gasteiger partial charge in [0.2, 0.25) is 0 Å². The van der Waals surface area contributed by atoms with Gasteiger partial charge in [-0.15, -0.1) is 0 Å². The highest BCUT2D eigenvalue weighted by molar-refractivity contribution is 9.10. The van der Waals surface area contributed by atoms with E-state index < -0.39 is 12.1 Å². The van der Waals surface area contributed by atoms with Gasteiger partial charge in [0.1, 0.15) is 0 Å². The van der Waals surface area contributed by atoms with Crippen LogP contribution in [-0.2, 0) is 4.79 Å². The SMILES string of the molecule is CC(C)c1c2c(cc(Br)c1C(O)C(=O)O)OCCCO2. The summed E-state index contributed by atoms with van der Waals surface area (Å²) in [4.78, 5) is 11.1. The molecule has 1 heterocycles. The number of carboxylic acids is 1. The molecule has 0 saturated carbocycles. The summed E-state index contributed by atoms with van der Waals surface area (Å²) in [5, 5.41) is 19.0. The third-order valence-electron chi connectivity index (χ3n) is 3.15. The molecule has 6 heteroatoms. The van der Waals surface area contributed by atoms with Gasteiger partial charge in [-0.3, -0.25) is 0 Å². The van der Waals surface area contributed by atoms with Crippen molar-refractivity contribution in [1.29, 1.82) is 0 Å². The van der Waals surface area contributed by atoms with Gasteiger partial charge in [0, 0.05) is 22.0 Å². The number of rotatable bonds is 3. The van der Waals surface area contributed by atoms with E-state index >= 15 is 0 Å². The number of hydrogen-bond donors (Lipinski definition) is 2. The third kappa shape index (κ3) is 2.76. The van der Waals surface area contributed by atoms with Crippen LogP contribution in [0.2, 0.25) is 0 Å². The largest absolute Gasteiger partial charge is 0.490 e. The number of carboxylic acid groups (broad SMARTS) is 1. The molecule has 1 atom stereocenters. The Bertz CT molecular complexity index is 527.